The summed E-state index contributed by atoms with van der Waals surface area (Å²) in [7, 11) is 0. The first-order chi connectivity index (χ1) is 9.86. The molecular formula is C14H17ClN2O3S. The number of carbonyl (C=O) groups is 2. The molecule has 1 aromatic carbocycles. The van der Waals surface area contributed by atoms with E-state index in [0.29, 0.717) is 29.3 Å². The lowest BCUT2D eigenvalue weighted by molar-refractivity contribution is 0.0697. The molecule has 2 N–H and O–H groups in total. The fraction of sp³-hybridized carbons (Fsp3) is 0.429. The molecule has 21 heavy (non-hydrogen) atoms. The number of rotatable bonds is 2. The molecule has 114 valence electrons. The molecule has 1 fully saturated rings. The number of nitrogens with zero attached hydrogens (tertiary/aromatic N) is 1. The van der Waals surface area contributed by atoms with Crippen molar-refractivity contribution in [2.75, 3.05) is 18.4 Å². The molecule has 1 aliphatic rings. The number of carboxylic acid groups (broad SMARTS) is 1. The van der Waals surface area contributed by atoms with Crippen molar-refractivity contribution < 1.29 is 14.7 Å². The number of urea groups is 1. The first kappa shape index (κ1) is 16.0. The molecule has 0 bridgehead atoms. The molecule has 1 saturated heterocycles. The highest BCUT2D eigenvalue weighted by Crippen LogP contribution is 2.26. The molecule has 0 spiro atoms. The van der Waals surface area contributed by atoms with Crippen LogP contribution in [0.25, 0.3) is 0 Å². The summed E-state index contributed by atoms with van der Waals surface area (Å²) in [6.45, 7) is 5.54. The third-order valence-electron chi connectivity index (χ3n) is 3.15. The van der Waals surface area contributed by atoms with E-state index in [4.69, 9.17) is 16.7 Å². The van der Waals surface area contributed by atoms with Crippen LogP contribution in [0, 0.1) is 0 Å². The van der Waals surface area contributed by atoms with Gasteiger partial charge in [-0.2, -0.15) is 11.8 Å². The van der Waals surface area contributed by atoms with Crippen molar-refractivity contribution >= 4 is 41.1 Å². The van der Waals surface area contributed by atoms with Crippen LogP contribution in [0.15, 0.2) is 18.2 Å². The Morgan fingerprint density at radius 2 is 1.95 bits per heavy atom. The van der Waals surface area contributed by atoms with Crippen molar-refractivity contribution in [1.29, 1.82) is 0 Å². The van der Waals surface area contributed by atoms with Crippen LogP contribution in [-0.4, -0.2) is 45.6 Å². The summed E-state index contributed by atoms with van der Waals surface area (Å²) in [5.74, 6) is -1.12. The van der Waals surface area contributed by atoms with Gasteiger partial charge in [-0.3, -0.25) is 0 Å². The SMILES string of the molecule is CC1CN(C(=O)Nc2ccc(Cl)c(C(=O)O)c2)CC(C)S1. The van der Waals surface area contributed by atoms with E-state index in [-0.39, 0.29) is 16.6 Å². The number of aromatic carboxylic acids is 1. The Kier molecular flexibility index (Phi) is 5.00. The molecule has 7 heteroatoms. The number of carboxylic acids is 1. The maximum atomic E-state index is 12.2. The van der Waals surface area contributed by atoms with Crippen molar-refractivity contribution in [3.8, 4) is 0 Å². The second-order valence-corrected chi connectivity index (χ2v) is 7.38. The Labute approximate surface area is 132 Å². The molecule has 5 nitrogen and oxygen atoms in total. The smallest absolute Gasteiger partial charge is 0.337 e. The van der Waals surface area contributed by atoms with Crippen molar-refractivity contribution in [2.45, 2.75) is 24.3 Å². The average Bonchev–Trinajstić information content (AvgIpc) is 2.39. The van der Waals surface area contributed by atoms with Gasteiger partial charge in [0.05, 0.1) is 10.6 Å². The summed E-state index contributed by atoms with van der Waals surface area (Å²) < 4.78 is 0. The summed E-state index contributed by atoms with van der Waals surface area (Å²) >= 11 is 7.67. The fourth-order valence-corrected chi connectivity index (χ4v) is 3.84. The Morgan fingerprint density at radius 3 is 2.52 bits per heavy atom. The molecule has 2 unspecified atom stereocenters. The Balaban J connectivity index is 2.09. The molecule has 0 radical (unpaired) electrons. The maximum Gasteiger partial charge on any atom is 0.337 e. The molecule has 1 aromatic rings. The molecule has 2 rings (SSSR count). The van der Waals surface area contributed by atoms with Gasteiger partial charge in [0.25, 0.3) is 0 Å². The van der Waals surface area contributed by atoms with Gasteiger partial charge >= 0.3 is 12.0 Å². The zero-order valence-electron chi connectivity index (χ0n) is 11.8. The quantitative estimate of drug-likeness (QED) is 0.873. The number of thioether (sulfide) groups is 1. The van der Waals surface area contributed by atoms with Crippen molar-refractivity contribution in [2.24, 2.45) is 0 Å². The molecule has 0 aromatic heterocycles. The van der Waals surface area contributed by atoms with E-state index in [9.17, 15) is 9.59 Å². The topological polar surface area (TPSA) is 69.6 Å². The van der Waals surface area contributed by atoms with Crippen LogP contribution in [0.1, 0.15) is 24.2 Å². The van der Waals surface area contributed by atoms with E-state index < -0.39 is 5.97 Å². The van der Waals surface area contributed by atoms with E-state index in [0.717, 1.165) is 0 Å². The maximum absolute atomic E-state index is 12.2. The third kappa shape index (κ3) is 4.04. The lowest BCUT2D eigenvalue weighted by atomic mass is 10.2. The van der Waals surface area contributed by atoms with Crippen molar-refractivity contribution in [3.63, 3.8) is 0 Å². The number of anilines is 1. The lowest BCUT2D eigenvalue weighted by Crippen LogP contribution is -2.46. The van der Waals surface area contributed by atoms with E-state index >= 15 is 0 Å². The third-order valence-corrected chi connectivity index (χ3v) is 4.71. The number of halogens is 1. The summed E-state index contributed by atoms with van der Waals surface area (Å²) in [4.78, 5) is 25.0. The van der Waals surface area contributed by atoms with Crippen LogP contribution in [-0.2, 0) is 0 Å². The highest BCUT2D eigenvalue weighted by atomic mass is 35.5. The Hall–Kier alpha value is -1.40. The van der Waals surface area contributed by atoms with Crippen LogP contribution in [0.4, 0.5) is 10.5 Å². The molecule has 0 saturated carbocycles. The molecule has 1 aliphatic heterocycles. The predicted octanol–water partition coefficient (Wildman–Crippen LogP) is 3.40. The van der Waals surface area contributed by atoms with Crippen LogP contribution in [0.3, 0.4) is 0 Å². The van der Waals surface area contributed by atoms with Crippen LogP contribution in [0.2, 0.25) is 5.02 Å². The zero-order chi connectivity index (χ0) is 15.6. The minimum absolute atomic E-state index is 0.0228. The summed E-state index contributed by atoms with van der Waals surface area (Å²) in [5.41, 5.74) is 0.408. The number of hydrogen-bond donors (Lipinski definition) is 2. The largest absolute Gasteiger partial charge is 0.478 e. The van der Waals surface area contributed by atoms with Gasteiger partial charge in [0, 0.05) is 29.3 Å². The molecular weight excluding hydrogens is 312 g/mol. The van der Waals surface area contributed by atoms with Gasteiger partial charge in [0.15, 0.2) is 0 Å². The second kappa shape index (κ2) is 6.58. The molecule has 2 atom stereocenters. The highest BCUT2D eigenvalue weighted by Gasteiger charge is 2.26. The highest BCUT2D eigenvalue weighted by molar-refractivity contribution is 8.00. The minimum Gasteiger partial charge on any atom is -0.478 e. The molecule has 2 amide bonds. The predicted molar refractivity (Wildman–Crippen MR) is 85.5 cm³/mol. The van der Waals surface area contributed by atoms with E-state index in [1.165, 1.54) is 12.1 Å². The number of amides is 2. The second-order valence-electron chi connectivity index (χ2n) is 5.09. The minimum atomic E-state index is -1.12. The fourth-order valence-electron chi connectivity index (χ4n) is 2.31. The molecule has 0 aliphatic carbocycles. The number of carbonyl (C=O) groups excluding carboxylic acids is 1. The van der Waals surface area contributed by atoms with Gasteiger partial charge < -0.3 is 15.3 Å². The summed E-state index contributed by atoms with van der Waals surface area (Å²) in [6.07, 6.45) is 0. The van der Waals surface area contributed by atoms with Crippen LogP contribution in [0.5, 0.6) is 0 Å². The first-order valence-corrected chi connectivity index (χ1v) is 7.93. The number of benzene rings is 1. The van der Waals surface area contributed by atoms with Gasteiger partial charge in [0.2, 0.25) is 0 Å². The van der Waals surface area contributed by atoms with Crippen molar-refractivity contribution in [3.05, 3.63) is 28.8 Å². The first-order valence-electron chi connectivity index (χ1n) is 6.61. The van der Waals surface area contributed by atoms with Gasteiger partial charge in [-0.25, -0.2) is 9.59 Å². The van der Waals surface area contributed by atoms with Gasteiger partial charge in [-0.15, -0.1) is 0 Å². The summed E-state index contributed by atoms with van der Waals surface area (Å²) in [5, 5.41) is 12.7. The lowest BCUT2D eigenvalue weighted by Gasteiger charge is -2.34. The van der Waals surface area contributed by atoms with E-state index in [1.54, 1.807) is 11.0 Å². The standard InChI is InChI=1S/C14H17ClN2O3S/c1-8-6-17(7-9(2)21-8)14(20)16-10-3-4-12(15)11(5-10)13(18)19/h3-5,8-9H,6-7H2,1-2H3,(H,16,20)(H,18,19). The van der Waals surface area contributed by atoms with Gasteiger partial charge in [-0.05, 0) is 18.2 Å². The average molecular weight is 329 g/mol. The van der Waals surface area contributed by atoms with Gasteiger partial charge in [-0.1, -0.05) is 25.4 Å². The zero-order valence-corrected chi connectivity index (χ0v) is 13.4. The Morgan fingerprint density at radius 1 is 1.33 bits per heavy atom. The van der Waals surface area contributed by atoms with Crippen LogP contribution < -0.4 is 5.32 Å². The van der Waals surface area contributed by atoms with E-state index in [2.05, 4.69) is 19.2 Å². The van der Waals surface area contributed by atoms with E-state index in [1.807, 2.05) is 11.8 Å². The van der Waals surface area contributed by atoms with Crippen LogP contribution >= 0.6 is 23.4 Å². The monoisotopic (exact) mass is 328 g/mol. The normalized spacial score (nSPS) is 22.0. The van der Waals surface area contributed by atoms with Gasteiger partial charge in [0.1, 0.15) is 0 Å². The Bertz CT molecular complexity index is 557. The number of nitrogens with one attached hydrogen (secondary N) is 1. The summed E-state index contributed by atoms with van der Waals surface area (Å²) in [6, 6.07) is 4.22. The number of hydrogen-bond acceptors (Lipinski definition) is 3. The van der Waals surface area contributed by atoms with Crippen molar-refractivity contribution in [1.82, 2.24) is 4.90 Å². The molecule has 1 heterocycles.